The van der Waals surface area contributed by atoms with Gasteiger partial charge in [0.2, 0.25) is 0 Å². The van der Waals surface area contributed by atoms with Crippen LogP contribution in [0.1, 0.15) is 5.56 Å². The maximum Gasteiger partial charge on any atom is 0.411 e. The number of benzene rings is 3. The lowest BCUT2D eigenvalue weighted by Gasteiger charge is -2.11. The third-order valence-corrected chi connectivity index (χ3v) is 4.88. The van der Waals surface area contributed by atoms with Crippen LogP contribution in [0.5, 0.6) is 5.75 Å². The van der Waals surface area contributed by atoms with Crippen LogP contribution < -0.4 is 15.4 Å². The summed E-state index contributed by atoms with van der Waals surface area (Å²) in [6.07, 6.45) is -0.530. The number of hydrogen-bond acceptors (Lipinski definition) is 4. The third-order valence-electron chi connectivity index (χ3n) is 4.06. The number of carbonyl (C=O) groups is 2. The number of anilines is 1. The predicted molar refractivity (Wildman–Crippen MR) is 111 cm³/mol. The van der Waals surface area contributed by atoms with E-state index in [9.17, 15) is 9.59 Å². The zero-order chi connectivity index (χ0) is 19.9. The highest BCUT2D eigenvalue weighted by atomic mass is 79.9. The van der Waals surface area contributed by atoms with Gasteiger partial charge < -0.3 is 14.8 Å². The van der Waals surface area contributed by atoms with Crippen molar-refractivity contribution in [2.24, 2.45) is 0 Å². The first-order valence-electron chi connectivity index (χ1n) is 8.57. The second kappa shape index (κ2) is 9.23. The molecule has 0 atom stereocenters. The highest BCUT2D eigenvalue weighted by Gasteiger charge is 2.09. The number of amides is 2. The molecule has 2 N–H and O–H groups in total. The summed E-state index contributed by atoms with van der Waals surface area (Å²) in [5.74, 6) is 0.393. The van der Waals surface area contributed by atoms with Gasteiger partial charge in [0.15, 0.2) is 6.61 Å². The van der Waals surface area contributed by atoms with Gasteiger partial charge in [0.05, 0.1) is 11.6 Å². The molecule has 7 heteroatoms. The van der Waals surface area contributed by atoms with Crippen LogP contribution in [0, 0.1) is 0 Å². The molecule has 0 aliphatic carbocycles. The number of fused-ring (bicyclic) bond motifs is 1. The normalized spacial score (nSPS) is 10.4. The molecule has 0 saturated heterocycles. The van der Waals surface area contributed by atoms with Gasteiger partial charge >= 0.3 is 6.09 Å². The first-order valence-corrected chi connectivity index (χ1v) is 9.37. The van der Waals surface area contributed by atoms with Crippen LogP contribution in [0.15, 0.2) is 65.1 Å². The Balaban J connectivity index is 1.51. The summed E-state index contributed by atoms with van der Waals surface area (Å²) in [5, 5.41) is 7.50. The van der Waals surface area contributed by atoms with Crippen LogP contribution in [0.4, 0.5) is 10.5 Å². The van der Waals surface area contributed by atoms with E-state index in [1.807, 2.05) is 48.5 Å². The molecular formula is C21H19BrN2O4. The molecule has 3 aromatic carbocycles. The van der Waals surface area contributed by atoms with Crippen molar-refractivity contribution in [1.82, 2.24) is 5.32 Å². The van der Waals surface area contributed by atoms with Crippen molar-refractivity contribution in [3.63, 3.8) is 0 Å². The largest absolute Gasteiger partial charge is 0.483 e. The van der Waals surface area contributed by atoms with Gasteiger partial charge in [-0.2, -0.15) is 0 Å². The number of carbonyl (C=O) groups excluding carboxylic acids is 2. The van der Waals surface area contributed by atoms with Crippen LogP contribution in [-0.4, -0.2) is 25.7 Å². The lowest BCUT2D eigenvalue weighted by Crippen LogP contribution is -2.28. The SMILES string of the molecule is COC(=O)Nc1ccc(CNC(=O)COc2ccc3ccccc3c2Br)cc1. The van der Waals surface area contributed by atoms with E-state index < -0.39 is 6.09 Å². The number of nitrogens with one attached hydrogen (secondary N) is 2. The number of hydrogen-bond donors (Lipinski definition) is 2. The van der Waals surface area contributed by atoms with E-state index in [0.29, 0.717) is 18.0 Å². The van der Waals surface area contributed by atoms with Gasteiger partial charge in [0, 0.05) is 12.2 Å². The average molecular weight is 443 g/mol. The molecule has 0 aliphatic heterocycles. The van der Waals surface area contributed by atoms with Gasteiger partial charge in [-0.1, -0.05) is 42.5 Å². The smallest absolute Gasteiger partial charge is 0.411 e. The highest BCUT2D eigenvalue weighted by molar-refractivity contribution is 9.10. The van der Waals surface area contributed by atoms with Gasteiger partial charge in [-0.25, -0.2) is 4.79 Å². The average Bonchev–Trinajstić information content (AvgIpc) is 2.73. The van der Waals surface area contributed by atoms with Crippen LogP contribution in [-0.2, 0) is 16.1 Å². The maximum atomic E-state index is 12.1. The number of halogens is 1. The Morgan fingerprint density at radius 3 is 2.50 bits per heavy atom. The summed E-state index contributed by atoms with van der Waals surface area (Å²) in [6, 6.07) is 18.8. The number of ether oxygens (including phenoxy) is 2. The van der Waals surface area contributed by atoms with Gasteiger partial charge in [-0.05, 0) is 50.5 Å². The molecule has 0 radical (unpaired) electrons. The van der Waals surface area contributed by atoms with Crippen molar-refractivity contribution in [3.05, 3.63) is 70.7 Å². The minimum Gasteiger partial charge on any atom is -0.483 e. The monoisotopic (exact) mass is 442 g/mol. The van der Waals surface area contributed by atoms with E-state index in [4.69, 9.17) is 4.74 Å². The summed E-state index contributed by atoms with van der Waals surface area (Å²) >= 11 is 3.54. The highest BCUT2D eigenvalue weighted by Crippen LogP contribution is 2.32. The number of methoxy groups -OCH3 is 1. The van der Waals surface area contributed by atoms with Crippen molar-refractivity contribution in [1.29, 1.82) is 0 Å². The molecular weight excluding hydrogens is 424 g/mol. The van der Waals surface area contributed by atoms with Crippen LogP contribution >= 0.6 is 15.9 Å². The summed E-state index contributed by atoms with van der Waals surface area (Å²) in [4.78, 5) is 23.2. The fraction of sp³-hybridized carbons (Fsp3) is 0.143. The molecule has 0 fully saturated rings. The molecule has 0 spiro atoms. The van der Waals surface area contributed by atoms with Crippen molar-refractivity contribution >= 4 is 44.4 Å². The minimum absolute atomic E-state index is 0.0844. The molecule has 3 aromatic rings. The standard InChI is InChI=1S/C21H19BrN2O4/c1-27-21(26)24-16-9-6-14(7-10-16)12-23-19(25)13-28-18-11-8-15-4-2-3-5-17(15)20(18)22/h2-11H,12-13H2,1H3,(H,23,25)(H,24,26). The molecule has 144 valence electrons. The van der Waals surface area contributed by atoms with Gasteiger partial charge in [-0.3, -0.25) is 10.1 Å². The van der Waals surface area contributed by atoms with E-state index in [-0.39, 0.29) is 12.5 Å². The lowest BCUT2D eigenvalue weighted by molar-refractivity contribution is -0.123. The Morgan fingerprint density at radius 1 is 1.00 bits per heavy atom. The maximum absolute atomic E-state index is 12.1. The van der Waals surface area contributed by atoms with E-state index in [1.165, 1.54) is 7.11 Å². The quantitative estimate of drug-likeness (QED) is 0.589. The lowest BCUT2D eigenvalue weighted by atomic mass is 10.1. The Hall–Kier alpha value is -3.06. The van der Waals surface area contributed by atoms with Crippen LogP contribution in [0.2, 0.25) is 0 Å². The van der Waals surface area contributed by atoms with E-state index >= 15 is 0 Å². The van der Waals surface area contributed by atoms with Gasteiger partial charge in [0.25, 0.3) is 5.91 Å². The zero-order valence-corrected chi connectivity index (χ0v) is 16.8. The van der Waals surface area contributed by atoms with Crippen molar-refractivity contribution in [2.45, 2.75) is 6.54 Å². The predicted octanol–water partition coefficient (Wildman–Crippen LogP) is 4.48. The van der Waals surface area contributed by atoms with E-state index in [0.717, 1.165) is 20.8 Å². The second-order valence-corrected chi connectivity index (χ2v) is 6.77. The zero-order valence-electron chi connectivity index (χ0n) is 15.2. The topological polar surface area (TPSA) is 76.7 Å². The molecule has 0 saturated carbocycles. The van der Waals surface area contributed by atoms with Crippen molar-refractivity contribution in [2.75, 3.05) is 19.0 Å². The molecule has 28 heavy (non-hydrogen) atoms. The summed E-state index contributed by atoms with van der Waals surface area (Å²) < 4.78 is 11.0. The van der Waals surface area contributed by atoms with Crippen LogP contribution in [0.3, 0.4) is 0 Å². The molecule has 0 bridgehead atoms. The molecule has 0 heterocycles. The molecule has 0 aliphatic rings. The number of rotatable bonds is 6. The molecule has 3 rings (SSSR count). The molecule has 0 aromatic heterocycles. The molecule has 0 unspecified atom stereocenters. The Kier molecular flexibility index (Phi) is 6.49. The summed E-state index contributed by atoms with van der Waals surface area (Å²) in [5.41, 5.74) is 1.52. The van der Waals surface area contributed by atoms with Gasteiger partial charge in [0.1, 0.15) is 5.75 Å². The first-order chi connectivity index (χ1) is 13.6. The Bertz CT molecular complexity index is 989. The fourth-order valence-corrected chi connectivity index (χ4v) is 3.20. The fourth-order valence-electron chi connectivity index (χ4n) is 2.59. The summed E-state index contributed by atoms with van der Waals surface area (Å²) in [6.45, 7) is 0.276. The first kappa shape index (κ1) is 19.7. The van der Waals surface area contributed by atoms with Crippen molar-refractivity contribution < 1.29 is 19.1 Å². The van der Waals surface area contributed by atoms with E-state index in [1.54, 1.807) is 12.1 Å². The summed E-state index contributed by atoms with van der Waals surface area (Å²) in [7, 11) is 1.30. The molecule has 6 nitrogen and oxygen atoms in total. The van der Waals surface area contributed by atoms with Crippen LogP contribution in [0.25, 0.3) is 10.8 Å². The Labute approximate surface area is 171 Å². The van der Waals surface area contributed by atoms with Crippen molar-refractivity contribution in [3.8, 4) is 5.75 Å². The minimum atomic E-state index is -0.530. The second-order valence-electron chi connectivity index (χ2n) is 5.98. The molecule has 2 amide bonds. The Morgan fingerprint density at radius 2 is 1.75 bits per heavy atom. The van der Waals surface area contributed by atoms with E-state index in [2.05, 4.69) is 31.3 Å². The third kappa shape index (κ3) is 5.01. The van der Waals surface area contributed by atoms with Gasteiger partial charge in [-0.15, -0.1) is 0 Å².